The molecule has 0 aliphatic carbocycles. The second-order valence-electron chi connectivity index (χ2n) is 7.11. The molecule has 3 aromatic carbocycles. The van der Waals surface area contributed by atoms with Gasteiger partial charge in [-0.15, -0.1) is 0 Å². The van der Waals surface area contributed by atoms with Crippen molar-refractivity contribution < 1.29 is 19.2 Å². The summed E-state index contributed by atoms with van der Waals surface area (Å²) in [5, 5.41) is 17.3. The van der Waals surface area contributed by atoms with E-state index < -0.39 is 16.7 Å². The first-order chi connectivity index (χ1) is 16.4. The number of non-ortho nitro benzene ring substituents is 1. The molecule has 0 spiro atoms. The van der Waals surface area contributed by atoms with Crippen LogP contribution < -0.4 is 15.5 Å². The van der Waals surface area contributed by atoms with Gasteiger partial charge in [-0.3, -0.25) is 19.7 Å². The number of nitro groups is 1. The summed E-state index contributed by atoms with van der Waals surface area (Å²) in [5.41, 5.74) is 4.22. The number of hydrogen-bond donors (Lipinski definition) is 2. The summed E-state index contributed by atoms with van der Waals surface area (Å²) in [6.45, 7) is 0.371. The highest BCUT2D eigenvalue weighted by molar-refractivity contribution is 9.10. The molecule has 10 heteroatoms. The van der Waals surface area contributed by atoms with Gasteiger partial charge < -0.3 is 10.1 Å². The first kappa shape index (κ1) is 24.6. The van der Waals surface area contributed by atoms with Crippen LogP contribution in [0.25, 0.3) is 0 Å². The Hall–Kier alpha value is -4.05. The van der Waals surface area contributed by atoms with Crippen LogP contribution in [0.4, 0.5) is 11.4 Å². The second kappa shape index (κ2) is 12.3. The van der Waals surface area contributed by atoms with Gasteiger partial charge in [-0.25, -0.2) is 5.43 Å². The minimum atomic E-state index is -0.551. The van der Waals surface area contributed by atoms with Gasteiger partial charge in [0.2, 0.25) is 11.8 Å². The Balaban J connectivity index is 1.47. The third-order valence-corrected chi connectivity index (χ3v) is 5.01. The molecule has 9 nitrogen and oxygen atoms in total. The molecular formula is C24H21BrN4O5. The SMILES string of the molecule is O=C(CCC(=O)Nc1cccc([N+](=O)[O-])c1)N/N=C\c1ccccc1OCc1cccc(Br)c1. The first-order valence-electron chi connectivity index (χ1n) is 10.2. The molecule has 0 fully saturated rings. The summed E-state index contributed by atoms with van der Waals surface area (Å²) in [6, 6.07) is 20.6. The van der Waals surface area contributed by atoms with Crippen LogP contribution in [0.3, 0.4) is 0 Å². The molecule has 0 bridgehead atoms. The van der Waals surface area contributed by atoms with Gasteiger partial charge in [0.05, 0.1) is 11.1 Å². The van der Waals surface area contributed by atoms with Crippen LogP contribution in [-0.2, 0) is 16.2 Å². The molecule has 0 aromatic heterocycles. The number of anilines is 1. The predicted molar refractivity (Wildman–Crippen MR) is 132 cm³/mol. The average Bonchev–Trinajstić information content (AvgIpc) is 2.82. The van der Waals surface area contributed by atoms with Crippen molar-refractivity contribution >= 4 is 45.3 Å². The van der Waals surface area contributed by atoms with Gasteiger partial charge in [0.1, 0.15) is 12.4 Å². The maximum atomic E-state index is 12.0. The van der Waals surface area contributed by atoms with E-state index in [-0.39, 0.29) is 24.2 Å². The van der Waals surface area contributed by atoms with Gasteiger partial charge in [0, 0.05) is 40.7 Å². The lowest BCUT2D eigenvalue weighted by Gasteiger charge is -2.09. The number of amides is 2. The lowest BCUT2D eigenvalue weighted by atomic mass is 10.2. The fourth-order valence-corrected chi connectivity index (χ4v) is 3.33. The number of nitrogens with one attached hydrogen (secondary N) is 2. The van der Waals surface area contributed by atoms with E-state index in [0.29, 0.717) is 17.9 Å². The van der Waals surface area contributed by atoms with E-state index in [4.69, 9.17) is 4.74 Å². The molecular weight excluding hydrogens is 504 g/mol. The maximum Gasteiger partial charge on any atom is 0.271 e. The summed E-state index contributed by atoms with van der Waals surface area (Å²) in [4.78, 5) is 34.3. The molecule has 3 aromatic rings. The van der Waals surface area contributed by atoms with Crippen molar-refractivity contribution in [1.82, 2.24) is 5.43 Å². The molecule has 0 atom stereocenters. The molecule has 2 amide bonds. The monoisotopic (exact) mass is 524 g/mol. The number of rotatable bonds is 10. The highest BCUT2D eigenvalue weighted by Crippen LogP contribution is 2.19. The van der Waals surface area contributed by atoms with Crippen LogP contribution in [0, 0.1) is 10.1 Å². The number of hydrazone groups is 1. The highest BCUT2D eigenvalue weighted by atomic mass is 79.9. The van der Waals surface area contributed by atoms with Gasteiger partial charge in [0.15, 0.2) is 0 Å². The number of ether oxygens (including phenoxy) is 1. The van der Waals surface area contributed by atoms with E-state index in [2.05, 4.69) is 31.8 Å². The number of carbonyl (C=O) groups excluding carboxylic acids is 2. The zero-order valence-electron chi connectivity index (χ0n) is 17.9. The molecule has 0 saturated carbocycles. The molecule has 0 unspecified atom stereocenters. The molecule has 34 heavy (non-hydrogen) atoms. The van der Waals surface area contributed by atoms with Crippen molar-refractivity contribution in [3.05, 3.63) is 98.5 Å². The van der Waals surface area contributed by atoms with Crippen molar-refractivity contribution in [2.24, 2.45) is 5.10 Å². The largest absolute Gasteiger partial charge is 0.488 e. The lowest BCUT2D eigenvalue weighted by Crippen LogP contribution is -2.20. The normalized spacial score (nSPS) is 10.6. The summed E-state index contributed by atoms with van der Waals surface area (Å²) in [5.74, 6) is -0.277. The molecule has 0 radical (unpaired) electrons. The standard InChI is InChI=1S/C24H21BrN4O5/c25-19-7-3-5-17(13-19)16-34-22-10-2-1-6-18(22)15-26-28-24(31)12-11-23(30)27-20-8-4-9-21(14-20)29(32)33/h1-10,13-15H,11-12,16H2,(H,27,30)(H,28,31)/b26-15-. The third kappa shape index (κ3) is 7.82. The Bertz CT molecular complexity index is 1220. The van der Waals surface area contributed by atoms with Gasteiger partial charge in [0.25, 0.3) is 5.69 Å². The van der Waals surface area contributed by atoms with Crippen molar-refractivity contribution in [3.63, 3.8) is 0 Å². The maximum absolute atomic E-state index is 12.0. The fourth-order valence-electron chi connectivity index (χ4n) is 2.88. The summed E-state index contributed by atoms with van der Waals surface area (Å²) >= 11 is 3.43. The van der Waals surface area contributed by atoms with Gasteiger partial charge in [-0.05, 0) is 35.9 Å². The zero-order chi connectivity index (χ0) is 24.3. The average molecular weight is 525 g/mol. The van der Waals surface area contributed by atoms with Crippen LogP contribution in [-0.4, -0.2) is 23.0 Å². The first-order valence-corrected chi connectivity index (χ1v) is 11.0. The molecule has 0 aliphatic rings. The van der Waals surface area contributed by atoms with E-state index in [9.17, 15) is 19.7 Å². The van der Waals surface area contributed by atoms with Gasteiger partial charge in [-0.1, -0.05) is 46.3 Å². The minimum absolute atomic E-state index is 0.0981. The smallest absolute Gasteiger partial charge is 0.271 e. The van der Waals surface area contributed by atoms with E-state index >= 15 is 0 Å². The number of nitrogens with zero attached hydrogens (tertiary/aromatic N) is 2. The molecule has 0 saturated heterocycles. The van der Waals surface area contributed by atoms with Crippen LogP contribution in [0.1, 0.15) is 24.0 Å². The fraction of sp³-hybridized carbons (Fsp3) is 0.125. The van der Waals surface area contributed by atoms with Crippen LogP contribution in [0.15, 0.2) is 82.4 Å². The van der Waals surface area contributed by atoms with Gasteiger partial charge >= 0.3 is 0 Å². The molecule has 3 rings (SSSR count). The van der Waals surface area contributed by atoms with Crippen molar-refractivity contribution in [2.45, 2.75) is 19.4 Å². The molecule has 0 aliphatic heterocycles. The van der Waals surface area contributed by atoms with E-state index in [0.717, 1.165) is 10.0 Å². The predicted octanol–water partition coefficient (Wildman–Crippen LogP) is 4.81. The number of halogens is 1. The zero-order valence-corrected chi connectivity index (χ0v) is 19.5. The Morgan fingerprint density at radius 1 is 1.00 bits per heavy atom. The Kier molecular flexibility index (Phi) is 8.87. The quantitative estimate of drug-likeness (QED) is 0.224. The third-order valence-electron chi connectivity index (χ3n) is 4.52. The number of benzene rings is 3. The number of para-hydroxylation sites is 1. The van der Waals surface area contributed by atoms with Gasteiger partial charge in [-0.2, -0.15) is 5.10 Å². The topological polar surface area (TPSA) is 123 Å². The molecule has 2 N–H and O–H groups in total. The molecule has 174 valence electrons. The Morgan fingerprint density at radius 2 is 1.76 bits per heavy atom. The summed E-state index contributed by atoms with van der Waals surface area (Å²) in [7, 11) is 0. The summed E-state index contributed by atoms with van der Waals surface area (Å²) in [6.07, 6.45) is 1.27. The number of hydrogen-bond acceptors (Lipinski definition) is 6. The van der Waals surface area contributed by atoms with Crippen molar-refractivity contribution in [3.8, 4) is 5.75 Å². The van der Waals surface area contributed by atoms with Crippen LogP contribution >= 0.6 is 15.9 Å². The van der Waals surface area contributed by atoms with E-state index in [1.165, 1.54) is 30.5 Å². The van der Waals surface area contributed by atoms with Crippen LogP contribution in [0.5, 0.6) is 5.75 Å². The minimum Gasteiger partial charge on any atom is -0.488 e. The second-order valence-corrected chi connectivity index (χ2v) is 8.02. The van der Waals surface area contributed by atoms with Crippen LogP contribution in [0.2, 0.25) is 0 Å². The number of nitro benzene ring substituents is 1. The van der Waals surface area contributed by atoms with E-state index in [1.807, 2.05) is 36.4 Å². The Labute approximate surface area is 204 Å². The number of carbonyl (C=O) groups is 2. The summed E-state index contributed by atoms with van der Waals surface area (Å²) < 4.78 is 6.84. The highest BCUT2D eigenvalue weighted by Gasteiger charge is 2.10. The van der Waals surface area contributed by atoms with Crippen molar-refractivity contribution in [2.75, 3.05) is 5.32 Å². The Morgan fingerprint density at radius 3 is 2.56 bits per heavy atom. The lowest BCUT2D eigenvalue weighted by molar-refractivity contribution is -0.384. The molecule has 0 heterocycles. The van der Waals surface area contributed by atoms with Crippen molar-refractivity contribution in [1.29, 1.82) is 0 Å². The van der Waals surface area contributed by atoms with E-state index in [1.54, 1.807) is 12.1 Å².